The highest BCUT2D eigenvalue weighted by atomic mass is 35.5. The Balaban J connectivity index is 1.82. The van der Waals surface area contributed by atoms with Gasteiger partial charge in [0.1, 0.15) is 11.6 Å². The number of aliphatic hydroxyl groups excluding tert-OH is 1. The zero-order chi connectivity index (χ0) is 14.1. The molecule has 0 fully saturated rings. The molecule has 4 heteroatoms. The third kappa shape index (κ3) is 2.65. The second kappa shape index (κ2) is 5.43. The molecule has 0 bridgehead atoms. The van der Waals surface area contributed by atoms with Crippen LogP contribution in [0.25, 0.3) is 0 Å². The Morgan fingerprint density at radius 3 is 2.95 bits per heavy atom. The molecule has 0 aromatic heterocycles. The third-order valence-electron chi connectivity index (χ3n) is 3.52. The van der Waals surface area contributed by atoms with Gasteiger partial charge in [0.05, 0.1) is 12.7 Å². The minimum Gasteiger partial charge on any atom is -0.493 e. The average molecular weight is 293 g/mol. The van der Waals surface area contributed by atoms with Gasteiger partial charge in [0, 0.05) is 17.9 Å². The van der Waals surface area contributed by atoms with E-state index in [9.17, 15) is 9.50 Å². The van der Waals surface area contributed by atoms with Crippen LogP contribution in [0.2, 0.25) is 5.02 Å². The maximum absolute atomic E-state index is 13.7. The number of aliphatic hydroxyl groups is 1. The number of rotatable bonds is 3. The van der Waals surface area contributed by atoms with E-state index in [1.54, 1.807) is 6.07 Å². The Morgan fingerprint density at radius 1 is 1.25 bits per heavy atom. The molecule has 1 aliphatic heterocycles. The van der Waals surface area contributed by atoms with Crippen molar-refractivity contribution in [3.05, 3.63) is 63.9 Å². The van der Waals surface area contributed by atoms with E-state index in [-0.39, 0.29) is 12.2 Å². The predicted molar refractivity (Wildman–Crippen MR) is 75.7 cm³/mol. The Bertz CT molecular complexity index is 642. The van der Waals surface area contributed by atoms with Crippen LogP contribution in [0.4, 0.5) is 4.39 Å². The molecule has 0 radical (unpaired) electrons. The Hall–Kier alpha value is -1.58. The summed E-state index contributed by atoms with van der Waals surface area (Å²) in [5, 5.41) is 10.7. The van der Waals surface area contributed by atoms with Crippen LogP contribution in [0.5, 0.6) is 5.75 Å². The van der Waals surface area contributed by atoms with Gasteiger partial charge in [-0.25, -0.2) is 4.39 Å². The van der Waals surface area contributed by atoms with E-state index in [2.05, 4.69) is 0 Å². The summed E-state index contributed by atoms with van der Waals surface area (Å²) in [6, 6.07) is 9.97. The maximum atomic E-state index is 13.7. The van der Waals surface area contributed by atoms with Crippen LogP contribution in [0.15, 0.2) is 36.4 Å². The van der Waals surface area contributed by atoms with Crippen LogP contribution >= 0.6 is 11.6 Å². The molecule has 0 spiro atoms. The van der Waals surface area contributed by atoms with Gasteiger partial charge in [-0.2, -0.15) is 0 Å². The lowest BCUT2D eigenvalue weighted by atomic mass is 9.99. The summed E-state index contributed by atoms with van der Waals surface area (Å²) in [5.74, 6) is 0.521. The van der Waals surface area contributed by atoms with Gasteiger partial charge in [-0.15, -0.1) is 0 Å². The number of hydrogen-bond donors (Lipinski definition) is 1. The summed E-state index contributed by atoms with van der Waals surface area (Å²) in [7, 11) is 0. The minimum absolute atomic E-state index is 0.200. The van der Waals surface area contributed by atoms with Crippen molar-refractivity contribution in [2.24, 2.45) is 0 Å². The SMILES string of the molecule is OC(Cc1cc(Cl)ccc1F)c1ccc2c(c1)CCO2. The van der Waals surface area contributed by atoms with Gasteiger partial charge >= 0.3 is 0 Å². The van der Waals surface area contributed by atoms with Crippen molar-refractivity contribution in [1.29, 1.82) is 0 Å². The fourth-order valence-electron chi connectivity index (χ4n) is 2.44. The molecule has 2 nitrogen and oxygen atoms in total. The summed E-state index contributed by atoms with van der Waals surface area (Å²) in [4.78, 5) is 0. The van der Waals surface area contributed by atoms with E-state index >= 15 is 0 Å². The first kappa shape index (κ1) is 13.4. The molecule has 0 saturated heterocycles. The van der Waals surface area contributed by atoms with Gasteiger partial charge in [0.25, 0.3) is 0 Å². The van der Waals surface area contributed by atoms with E-state index in [4.69, 9.17) is 16.3 Å². The summed E-state index contributed by atoms with van der Waals surface area (Å²) < 4.78 is 19.1. The molecule has 0 amide bonds. The van der Waals surface area contributed by atoms with Crippen LogP contribution in [0.1, 0.15) is 22.8 Å². The van der Waals surface area contributed by atoms with Crippen LogP contribution < -0.4 is 4.74 Å². The Morgan fingerprint density at radius 2 is 2.10 bits per heavy atom. The standard InChI is InChI=1S/C16H14ClFO2/c17-13-2-3-14(18)12(8-13)9-15(19)10-1-4-16-11(7-10)5-6-20-16/h1-4,7-8,15,19H,5-6,9H2. The van der Waals surface area contributed by atoms with E-state index in [0.29, 0.717) is 17.2 Å². The highest BCUT2D eigenvalue weighted by molar-refractivity contribution is 6.30. The molecular formula is C16H14ClFO2. The van der Waals surface area contributed by atoms with Crippen molar-refractivity contribution in [3.63, 3.8) is 0 Å². The number of benzene rings is 2. The normalized spacial score (nSPS) is 14.8. The largest absolute Gasteiger partial charge is 0.493 e. The molecular weight excluding hydrogens is 279 g/mol. The predicted octanol–water partition coefficient (Wildman–Crippen LogP) is 3.69. The topological polar surface area (TPSA) is 29.5 Å². The van der Waals surface area contributed by atoms with E-state index in [1.807, 2.05) is 18.2 Å². The average Bonchev–Trinajstić information content (AvgIpc) is 2.90. The quantitative estimate of drug-likeness (QED) is 0.935. The van der Waals surface area contributed by atoms with Crippen molar-refractivity contribution in [3.8, 4) is 5.75 Å². The number of fused-ring (bicyclic) bond motifs is 1. The second-order valence-electron chi connectivity index (χ2n) is 4.92. The first-order valence-electron chi connectivity index (χ1n) is 6.51. The van der Waals surface area contributed by atoms with Crippen LogP contribution in [-0.4, -0.2) is 11.7 Å². The first-order chi connectivity index (χ1) is 9.63. The molecule has 1 atom stereocenters. The summed E-state index contributed by atoms with van der Waals surface area (Å²) in [6.07, 6.45) is 0.293. The summed E-state index contributed by atoms with van der Waals surface area (Å²) >= 11 is 5.86. The van der Waals surface area contributed by atoms with Crippen molar-refractivity contribution in [1.82, 2.24) is 0 Å². The van der Waals surface area contributed by atoms with Crippen molar-refractivity contribution < 1.29 is 14.2 Å². The number of halogens is 2. The molecule has 1 heterocycles. The summed E-state index contributed by atoms with van der Waals surface area (Å²) in [5.41, 5.74) is 2.28. The molecule has 1 unspecified atom stereocenters. The highest BCUT2D eigenvalue weighted by Gasteiger charge is 2.17. The van der Waals surface area contributed by atoms with Crippen molar-refractivity contribution in [2.45, 2.75) is 18.9 Å². The first-order valence-corrected chi connectivity index (χ1v) is 6.89. The smallest absolute Gasteiger partial charge is 0.126 e. The Labute approximate surface area is 121 Å². The Kier molecular flexibility index (Phi) is 3.64. The van der Waals surface area contributed by atoms with E-state index in [1.165, 1.54) is 12.1 Å². The molecule has 3 rings (SSSR count). The van der Waals surface area contributed by atoms with Gasteiger partial charge in [-0.1, -0.05) is 17.7 Å². The van der Waals surface area contributed by atoms with Crippen LogP contribution in [0, 0.1) is 5.82 Å². The zero-order valence-corrected chi connectivity index (χ0v) is 11.5. The van der Waals surface area contributed by atoms with Crippen LogP contribution in [0.3, 0.4) is 0 Å². The molecule has 0 saturated carbocycles. The molecule has 104 valence electrons. The van der Waals surface area contributed by atoms with E-state index in [0.717, 1.165) is 23.3 Å². The van der Waals surface area contributed by atoms with E-state index < -0.39 is 6.10 Å². The fourth-order valence-corrected chi connectivity index (χ4v) is 2.63. The fraction of sp³-hybridized carbons (Fsp3) is 0.250. The van der Waals surface area contributed by atoms with Crippen molar-refractivity contribution >= 4 is 11.6 Å². The second-order valence-corrected chi connectivity index (χ2v) is 5.36. The monoisotopic (exact) mass is 292 g/mol. The minimum atomic E-state index is -0.756. The molecule has 1 aliphatic rings. The lowest BCUT2D eigenvalue weighted by Gasteiger charge is -2.13. The molecule has 2 aromatic rings. The highest BCUT2D eigenvalue weighted by Crippen LogP contribution is 2.30. The van der Waals surface area contributed by atoms with Gasteiger partial charge in [0.2, 0.25) is 0 Å². The van der Waals surface area contributed by atoms with Crippen molar-refractivity contribution in [2.75, 3.05) is 6.61 Å². The number of ether oxygens (including phenoxy) is 1. The maximum Gasteiger partial charge on any atom is 0.126 e. The molecule has 1 N–H and O–H groups in total. The van der Waals surface area contributed by atoms with Gasteiger partial charge < -0.3 is 9.84 Å². The molecule has 2 aromatic carbocycles. The van der Waals surface area contributed by atoms with Crippen LogP contribution in [-0.2, 0) is 12.8 Å². The zero-order valence-electron chi connectivity index (χ0n) is 10.8. The molecule has 20 heavy (non-hydrogen) atoms. The third-order valence-corrected chi connectivity index (χ3v) is 3.75. The van der Waals surface area contributed by atoms with Gasteiger partial charge in [-0.3, -0.25) is 0 Å². The van der Waals surface area contributed by atoms with Gasteiger partial charge in [0.15, 0.2) is 0 Å². The lowest BCUT2D eigenvalue weighted by Crippen LogP contribution is -2.04. The number of hydrogen-bond acceptors (Lipinski definition) is 2. The molecule has 0 aliphatic carbocycles. The summed E-state index contributed by atoms with van der Waals surface area (Å²) in [6.45, 7) is 0.678. The lowest BCUT2D eigenvalue weighted by molar-refractivity contribution is 0.177. The van der Waals surface area contributed by atoms with Gasteiger partial charge in [-0.05, 0) is 47.0 Å².